The number of rotatable bonds is 6. The number of carbonyl (C=O) groups is 4. The fourth-order valence-electron chi connectivity index (χ4n) is 2.36. The molecule has 2 rings (SSSR count). The molecule has 0 fully saturated rings. The minimum absolute atomic E-state index is 0.0931. The van der Waals surface area contributed by atoms with Crippen LogP contribution in [0.1, 0.15) is 38.0 Å². The van der Waals surface area contributed by atoms with Crippen LogP contribution in [0.4, 0.5) is 5.69 Å². The predicted molar refractivity (Wildman–Crippen MR) is 94.4 cm³/mol. The average Bonchev–Trinajstić information content (AvgIpc) is 2.66. The van der Waals surface area contributed by atoms with Gasteiger partial charge in [-0.1, -0.05) is 0 Å². The standard InChI is InChI=1S/C19H18N2O6/c1-12(22)14-5-4-8-21(10-14)11-17(23)20-16-9-13(18(24)26-2)6-7-15(16)19(25)27-3/h4-10H,11H2,1-3H3/p+1. The van der Waals surface area contributed by atoms with Crippen LogP contribution in [-0.4, -0.2) is 37.8 Å². The first-order valence-corrected chi connectivity index (χ1v) is 7.96. The Morgan fingerprint density at radius 2 is 1.70 bits per heavy atom. The summed E-state index contributed by atoms with van der Waals surface area (Å²) >= 11 is 0. The fraction of sp³-hybridized carbons (Fsp3) is 0.211. The van der Waals surface area contributed by atoms with E-state index in [2.05, 4.69) is 10.1 Å². The van der Waals surface area contributed by atoms with Gasteiger partial charge in [0, 0.05) is 6.07 Å². The molecule has 0 bridgehead atoms. The maximum absolute atomic E-state index is 12.4. The molecule has 0 aliphatic carbocycles. The van der Waals surface area contributed by atoms with Gasteiger partial charge in [0.2, 0.25) is 6.54 Å². The van der Waals surface area contributed by atoms with Crippen LogP contribution in [0.15, 0.2) is 42.7 Å². The van der Waals surface area contributed by atoms with Crippen LogP contribution in [0.25, 0.3) is 0 Å². The first kappa shape index (κ1) is 19.8. The molecular formula is C19H19N2O6+. The normalized spacial score (nSPS) is 10.0. The van der Waals surface area contributed by atoms with E-state index in [1.54, 1.807) is 24.5 Å². The smallest absolute Gasteiger partial charge is 0.339 e. The first-order valence-electron chi connectivity index (χ1n) is 7.96. The van der Waals surface area contributed by atoms with Gasteiger partial charge in [0.25, 0.3) is 5.91 Å². The average molecular weight is 371 g/mol. The third-order valence-electron chi connectivity index (χ3n) is 3.71. The van der Waals surface area contributed by atoms with Gasteiger partial charge in [-0.25, -0.2) is 9.59 Å². The van der Waals surface area contributed by atoms with Crippen molar-refractivity contribution in [2.75, 3.05) is 19.5 Å². The summed E-state index contributed by atoms with van der Waals surface area (Å²) in [5.41, 5.74) is 0.860. The lowest BCUT2D eigenvalue weighted by atomic mass is 10.1. The van der Waals surface area contributed by atoms with E-state index in [9.17, 15) is 19.2 Å². The highest BCUT2D eigenvalue weighted by Crippen LogP contribution is 2.19. The lowest BCUT2D eigenvalue weighted by Gasteiger charge is -2.10. The second kappa shape index (κ2) is 8.70. The Morgan fingerprint density at radius 1 is 1.00 bits per heavy atom. The van der Waals surface area contributed by atoms with E-state index >= 15 is 0 Å². The van der Waals surface area contributed by atoms with Crippen LogP contribution in [0, 0.1) is 0 Å². The number of benzene rings is 1. The van der Waals surface area contributed by atoms with Crippen LogP contribution >= 0.6 is 0 Å². The SMILES string of the molecule is COC(=O)c1ccc(C(=O)OC)c(NC(=O)C[n+]2cccc(C(C)=O)c2)c1. The molecule has 0 aliphatic rings. The molecule has 1 heterocycles. The van der Waals surface area contributed by atoms with Gasteiger partial charge in [-0.15, -0.1) is 0 Å². The summed E-state index contributed by atoms with van der Waals surface area (Å²) in [7, 11) is 2.44. The van der Waals surface area contributed by atoms with Crippen molar-refractivity contribution in [3.63, 3.8) is 0 Å². The zero-order valence-electron chi connectivity index (χ0n) is 15.1. The quantitative estimate of drug-likeness (QED) is 0.468. The third-order valence-corrected chi connectivity index (χ3v) is 3.71. The number of methoxy groups -OCH3 is 2. The van der Waals surface area contributed by atoms with Crippen molar-refractivity contribution in [3.05, 3.63) is 59.4 Å². The Balaban J connectivity index is 2.27. The highest BCUT2D eigenvalue weighted by Gasteiger charge is 2.19. The van der Waals surface area contributed by atoms with Gasteiger partial charge in [-0.05, 0) is 31.2 Å². The number of pyridine rings is 1. The molecule has 0 spiro atoms. The molecule has 0 saturated carbocycles. The van der Waals surface area contributed by atoms with Crippen LogP contribution < -0.4 is 9.88 Å². The van der Waals surface area contributed by atoms with Gasteiger partial charge in [0.15, 0.2) is 18.2 Å². The summed E-state index contributed by atoms with van der Waals surface area (Å²) in [4.78, 5) is 47.5. The van der Waals surface area contributed by atoms with Crippen LogP contribution in [0.3, 0.4) is 0 Å². The summed E-state index contributed by atoms with van der Waals surface area (Å²) in [6.07, 6.45) is 3.19. The minimum Gasteiger partial charge on any atom is -0.465 e. The van der Waals surface area contributed by atoms with Gasteiger partial charge in [-0.3, -0.25) is 9.59 Å². The van der Waals surface area contributed by atoms with E-state index < -0.39 is 17.8 Å². The van der Waals surface area contributed by atoms with E-state index in [1.165, 1.54) is 43.9 Å². The number of ketones is 1. The number of nitrogens with zero attached hydrogens (tertiary/aromatic N) is 1. The molecule has 0 unspecified atom stereocenters. The summed E-state index contributed by atoms with van der Waals surface area (Å²) < 4.78 is 10.9. The molecule has 0 saturated heterocycles. The van der Waals surface area contributed by atoms with E-state index in [1.807, 2.05) is 0 Å². The molecular weight excluding hydrogens is 352 g/mol. The number of hydrogen-bond acceptors (Lipinski definition) is 6. The number of Topliss-reactive ketones (excluding diaryl/α,β-unsaturated/α-hetero) is 1. The van der Waals surface area contributed by atoms with Gasteiger partial charge in [-0.2, -0.15) is 4.57 Å². The number of nitrogens with one attached hydrogen (secondary N) is 1. The van der Waals surface area contributed by atoms with Crippen molar-refractivity contribution in [2.24, 2.45) is 0 Å². The Bertz CT molecular complexity index is 907. The van der Waals surface area contributed by atoms with Crippen molar-refractivity contribution in [3.8, 4) is 0 Å². The number of hydrogen-bond donors (Lipinski definition) is 1. The predicted octanol–water partition coefficient (Wildman–Crippen LogP) is 1.39. The first-order chi connectivity index (χ1) is 12.8. The number of aromatic nitrogens is 1. The maximum atomic E-state index is 12.4. The highest BCUT2D eigenvalue weighted by atomic mass is 16.5. The largest absolute Gasteiger partial charge is 0.465 e. The van der Waals surface area contributed by atoms with E-state index in [0.29, 0.717) is 5.56 Å². The number of carbonyl (C=O) groups excluding carboxylic acids is 4. The molecule has 1 amide bonds. The zero-order chi connectivity index (χ0) is 20.0. The van der Waals surface area contributed by atoms with Crippen LogP contribution in [0.2, 0.25) is 0 Å². The fourth-order valence-corrected chi connectivity index (χ4v) is 2.36. The zero-order valence-corrected chi connectivity index (χ0v) is 15.1. The summed E-state index contributed by atoms with van der Waals surface area (Å²) in [6.45, 7) is 1.34. The van der Waals surface area contributed by atoms with Gasteiger partial charge in [0.05, 0.1) is 36.6 Å². The lowest BCUT2D eigenvalue weighted by Crippen LogP contribution is -2.40. The van der Waals surface area contributed by atoms with Crippen molar-refractivity contribution >= 4 is 29.3 Å². The molecule has 1 aromatic carbocycles. The van der Waals surface area contributed by atoms with Crippen LogP contribution in [-0.2, 0) is 20.8 Å². The molecule has 2 aromatic rings. The minimum atomic E-state index is -0.659. The van der Waals surface area contributed by atoms with Crippen molar-refractivity contribution in [1.82, 2.24) is 0 Å². The molecule has 140 valence electrons. The number of esters is 2. The Morgan fingerprint density at radius 3 is 2.33 bits per heavy atom. The van der Waals surface area contributed by atoms with Crippen molar-refractivity contribution < 1.29 is 33.2 Å². The molecule has 1 N–H and O–H groups in total. The number of amides is 1. The molecule has 1 aromatic heterocycles. The topological polar surface area (TPSA) is 103 Å². The Labute approximate surface area is 155 Å². The maximum Gasteiger partial charge on any atom is 0.339 e. The van der Waals surface area contributed by atoms with E-state index in [0.717, 1.165) is 0 Å². The third kappa shape index (κ3) is 4.97. The molecule has 0 atom stereocenters. The molecule has 8 heteroatoms. The highest BCUT2D eigenvalue weighted by molar-refractivity contribution is 6.03. The van der Waals surface area contributed by atoms with Crippen molar-refractivity contribution in [1.29, 1.82) is 0 Å². The van der Waals surface area contributed by atoms with Crippen molar-refractivity contribution in [2.45, 2.75) is 13.5 Å². The second-order valence-corrected chi connectivity index (χ2v) is 5.61. The van der Waals surface area contributed by atoms with Gasteiger partial charge >= 0.3 is 11.9 Å². The van der Waals surface area contributed by atoms with Gasteiger partial charge < -0.3 is 14.8 Å². The second-order valence-electron chi connectivity index (χ2n) is 5.61. The molecule has 27 heavy (non-hydrogen) atoms. The van der Waals surface area contributed by atoms with Crippen LogP contribution in [0.5, 0.6) is 0 Å². The number of anilines is 1. The Kier molecular flexibility index (Phi) is 6.37. The van der Waals surface area contributed by atoms with E-state index in [4.69, 9.17) is 4.74 Å². The van der Waals surface area contributed by atoms with E-state index in [-0.39, 0.29) is 29.1 Å². The summed E-state index contributed by atoms with van der Waals surface area (Å²) in [6, 6.07) is 7.41. The monoisotopic (exact) mass is 371 g/mol. The molecule has 8 nitrogen and oxygen atoms in total. The number of ether oxygens (including phenoxy) is 2. The summed E-state index contributed by atoms with van der Waals surface area (Å²) in [5, 5.41) is 2.59. The van der Waals surface area contributed by atoms with Gasteiger partial charge in [0.1, 0.15) is 0 Å². The molecule has 0 aliphatic heterocycles. The summed E-state index contributed by atoms with van der Waals surface area (Å²) in [5.74, 6) is -1.84. The Hall–Kier alpha value is -3.55. The lowest BCUT2D eigenvalue weighted by molar-refractivity contribution is -0.684. The molecule has 0 radical (unpaired) electrons.